The van der Waals surface area contributed by atoms with Crippen LogP contribution in [0.3, 0.4) is 0 Å². The lowest BCUT2D eigenvalue weighted by molar-refractivity contribution is -0.131. The summed E-state index contributed by atoms with van der Waals surface area (Å²) in [4.78, 5) is 24.9. The van der Waals surface area contributed by atoms with Gasteiger partial charge in [-0.05, 0) is 48.0 Å². The predicted octanol–water partition coefficient (Wildman–Crippen LogP) is 4.36. The summed E-state index contributed by atoms with van der Waals surface area (Å²) in [6, 6.07) is 23.5. The zero-order valence-electron chi connectivity index (χ0n) is 17.2. The lowest BCUT2D eigenvalue weighted by Crippen LogP contribution is -2.39. The molecule has 6 heteroatoms. The second-order valence-electron chi connectivity index (χ2n) is 7.04. The third-order valence-corrected chi connectivity index (χ3v) is 4.97. The number of benzene rings is 3. The number of hydrazine groups is 1. The zero-order chi connectivity index (χ0) is 21.8. The van der Waals surface area contributed by atoms with Crippen LogP contribution < -0.4 is 14.9 Å². The monoisotopic (exact) mass is 414 g/mol. The molecule has 0 saturated carbocycles. The number of esters is 1. The largest absolute Gasteiger partial charge is 0.497 e. The second-order valence-corrected chi connectivity index (χ2v) is 7.04. The molecule has 3 aromatic rings. The predicted molar refractivity (Wildman–Crippen MR) is 117 cm³/mol. The molecule has 4 rings (SSSR count). The van der Waals surface area contributed by atoms with Crippen LogP contribution in [0.1, 0.15) is 34.5 Å². The summed E-state index contributed by atoms with van der Waals surface area (Å²) >= 11 is 0. The van der Waals surface area contributed by atoms with Gasteiger partial charge in [-0.1, -0.05) is 42.5 Å². The van der Waals surface area contributed by atoms with E-state index in [2.05, 4.69) is 5.43 Å². The van der Waals surface area contributed by atoms with Gasteiger partial charge in [0.1, 0.15) is 11.5 Å². The number of ether oxygens (including phenoxy) is 2. The highest BCUT2D eigenvalue weighted by Crippen LogP contribution is 2.36. The van der Waals surface area contributed by atoms with Crippen molar-refractivity contribution >= 4 is 17.6 Å². The van der Waals surface area contributed by atoms with Crippen molar-refractivity contribution in [3.63, 3.8) is 0 Å². The fourth-order valence-electron chi connectivity index (χ4n) is 3.50. The maximum atomic E-state index is 13.3. The number of methoxy groups -OCH3 is 1. The van der Waals surface area contributed by atoms with E-state index in [0.717, 1.165) is 11.3 Å². The van der Waals surface area contributed by atoms with Gasteiger partial charge in [-0.2, -0.15) is 0 Å². The molecule has 1 amide bonds. The molecular formula is C25H22N2O4. The Labute approximate surface area is 180 Å². The van der Waals surface area contributed by atoms with E-state index in [9.17, 15) is 9.59 Å². The molecule has 1 N–H and O–H groups in total. The molecule has 1 atom stereocenters. The Morgan fingerprint density at radius 3 is 2.26 bits per heavy atom. The summed E-state index contributed by atoms with van der Waals surface area (Å²) in [5.74, 6) is 0.587. The highest BCUT2D eigenvalue weighted by molar-refractivity contribution is 5.96. The van der Waals surface area contributed by atoms with Gasteiger partial charge in [-0.3, -0.25) is 15.0 Å². The first-order valence-electron chi connectivity index (χ1n) is 9.85. The Kier molecular flexibility index (Phi) is 5.71. The van der Waals surface area contributed by atoms with E-state index < -0.39 is 5.97 Å². The molecule has 0 unspecified atom stereocenters. The van der Waals surface area contributed by atoms with Crippen LogP contribution in [0, 0.1) is 0 Å². The molecule has 0 saturated heterocycles. The van der Waals surface area contributed by atoms with Gasteiger partial charge in [0.2, 0.25) is 0 Å². The molecule has 0 radical (unpaired) electrons. The molecule has 156 valence electrons. The maximum Gasteiger partial charge on any atom is 0.308 e. The molecule has 1 aliphatic heterocycles. The normalized spacial score (nSPS) is 15.1. The Balaban J connectivity index is 1.74. The van der Waals surface area contributed by atoms with Gasteiger partial charge in [0.15, 0.2) is 0 Å². The Morgan fingerprint density at radius 2 is 1.58 bits per heavy atom. The Bertz CT molecular complexity index is 1120. The van der Waals surface area contributed by atoms with E-state index >= 15 is 0 Å². The highest BCUT2D eigenvalue weighted by Gasteiger charge is 2.32. The number of carbonyl (C=O) groups excluding carboxylic acids is 2. The molecule has 6 nitrogen and oxygen atoms in total. The van der Waals surface area contributed by atoms with Gasteiger partial charge in [0, 0.05) is 18.1 Å². The summed E-state index contributed by atoms with van der Waals surface area (Å²) < 4.78 is 10.6. The number of hydrogen-bond acceptors (Lipinski definition) is 5. The average molecular weight is 414 g/mol. The van der Waals surface area contributed by atoms with Crippen molar-refractivity contribution < 1.29 is 19.1 Å². The van der Waals surface area contributed by atoms with Crippen molar-refractivity contribution in [1.29, 1.82) is 0 Å². The number of nitrogens with zero attached hydrogens (tertiary/aromatic N) is 1. The lowest BCUT2D eigenvalue weighted by Gasteiger charge is -2.26. The zero-order valence-corrected chi connectivity index (χ0v) is 17.2. The molecule has 0 spiro atoms. The van der Waals surface area contributed by atoms with Crippen LogP contribution in [-0.2, 0) is 4.79 Å². The van der Waals surface area contributed by atoms with Crippen molar-refractivity contribution in [1.82, 2.24) is 10.4 Å². The number of amides is 1. The van der Waals surface area contributed by atoms with Crippen molar-refractivity contribution in [2.45, 2.75) is 13.0 Å². The van der Waals surface area contributed by atoms with Crippen LogP contribution in [0.5, 0.6) is 11.5 Å². The number of para-hydroxylation sites is 1. The Morgan fingerprint density at radius 1 is 0.903 bits per heavy atom. The minimum absolute atomic E-state index is 0.169. The van der Waals surface area contributed by atoms with Crippen molar-refractivity contribution in [2.75, 3.05) is 7.11 Å². The SMILES string of the molecule is COc1ccc([C@H]2C=C(c3ccccc3OC(C)=O)NN2C(=O)c2ccccc2)cc1. The first-order valence-corrected chi connectivity index (χ1v) is 9.85. The molecule has 0 aliphatic carbocycles. The number of rotatable bonds is 5. The van der Waals surface area contributed by atoms with Crippen LogP contribution in [0.4, 0.5) is 0 Å². The fraction of sp³-hybridized carbons (Fsp3) is 0.120. The lowest BCUT2D eigenvalue weighted by atomic mass is 10.0. The number of carbonyl (C=O) groups is 2. The van der Waals surface area contributed by atoms with Gasteiger partial charge < -0.3 is 9.47 Å². The third-order valence-electron chi connectivity index (χ3n) is 4.97. The van der Waals surface area contributed by atoms with Crippen LogP contribution in [0.25, 0.3) is 5.70 Å². The fourth-order valence-corrected chi connectivity index (χ4v) is 3.50. The van der Waals surface area contributed by atoms with E-state index in [1.807, 2.05) is 60.7 Å². The summed E-state index contributed by atoms with van der Waals surface area (Å²) in [7, 11) is 1.61. The summed E-state index contributed by atoms with van der Waals surface area (Å²) in [6.07, 6.45) is 1.95. The second kappa shape index (κ2) is 8.75. The molecule has 0 bridgehead atoms. The quantitative estimate of drug-likeness (QED) is 0.496. The van der Waals surface area contributed by atoms with Crippen LogP contribution in [0.2, 0.25) is 0 Å². The molecule has 0 aromatic heterocycles. The minimum atomic E-state index is -0.407. The van der Waals surface area contributed by atoms with Gasteiger partial charge >= 0.3 is 5.97 Å². The summed E-state index contributed by atoms with van der Waals surface area (Å²) in [6.45, 7) is 1.36. The van der Waals surface area contributed by atoms with Gasteiger partial charge in [0.05, 0.1) is 18.8 Å². The van der Waals surface area contributed by atoms with Crippen molar-refractivity contribution in [3.8, 4) is 11.5 Å². The third kappa shape index (κ3) is 4.28. The maximum absolute atomic E-state index is 13.3. The van der Waals surface area contributed by atoms with Crippen molar-refractivity contribution in [2.24, 2.45) is 0 Å². The van der Waals surface area contributed by atoms with Gasteiger partial charge in [-0.15, -0.1) is 0 Å². The van der Waals surface area contributed by atoms with Crippen molar-refractivity contribution in [3.05, 3.63) is 102 Å². The van der Waals surface area contributed by atoms with Crippen LogP contribution >= 0.6 is 0 Å². The van der Waals surface area contributed by atoms with Gasteiger partial charge in [-0.25, -0.2) is 5.01 Å². The number of hydrogen-bond donors (Lipinski definition) is 1. The molecular weight excluding hydrogens is 392 g/mol. The molecule has 1 heterocycles. The average Bonchev–Trinajstić information content (AvgIpc) is 3.24. The minimum Gasteiger partial charge on any atom is -0.497 e. The molecule has 3 aromatic carbocycles. The molecule has 31 heavy (non-hydrogen) atoms. The van der Waals surface area contributed by atoms with E-state index in [0.29, 0.717) is 22.6 Å². The van der Waals surface area contributed by atoms with E-state index in [-0.39, 0.29) is 11.9 Å². The first-order chi connectivity index (χ1) is 15.1. The van der Waals surface area contributed by atoms with E-state index in [4.69, 9.17) is 9.47 Å². The summed E-state index contributed by atoms with van der Waals surface area (Å²) in [5, 5.41) is 1.58. The highest BCUT2D eigenvalue weighted by atomic mass is 16.5. The standard InChI is InChI=1S/C25H22N2O4/c1-17(28)31-24-11-7-6-10-21(24)22-16-23(18-12-14-20(30-2)15-13-18)27(26-22)25(29)19-8-4-3-5-9-19/h3-16,23,26H,1-2H3/t23-/m1/s1. The first kappa shape index (κ1) is 20.2. The van der Waals surface area contributed by atoms with Gasteiger partial charge in [0.25, 0.3) is 5.91 Å². The smallest absolute Gasteiger partial charge is 0.308 e. The number of nitrogens with one attached hydrogen (secondary N) is 1. The summed E-state index contributed by atoms with van der Waals surface area (Å²) in [5.41, 5.74) is 6.08. The van der Waals surface area contributed by atoms with Crippen LogP contribution in [0.15, 0.2) is 84.9 Å². The topological polar surface area (TPSA) is 67.9 Å². The molecule has 1 aliphatic rings. The molecule has 0 fully saturated rings. The van der Waals surface area contributed by atoms with E-state index in [1.165, 1.54) is 6.92 Å². The van der Waals surface area contributed by atoms with E-state index in [1.54, 1.807) is 36.4 Å². The van der Waals surface area contributed by atoms with Crippen LogP contribution in [-0.4, -0.2) is 24.0 Å². The Hall–Kier alpha value is -4.06.